The van der Waals surface area contributed by atoms with Crippen LogP contribution in [0.3, 0.4) is 0 Å². The lowest BCUT2D eigenvalue weighted by Gasteiger charge is -2.18. The zero-order valence-electron chi connectivity index (χ0n) is 11.9. The summed E-state index contributed by atoms with van der Waals surface area (Å²) in [5, 5.41) is 0. The van der Waals surface area contributed by atoms with Crippen molar-refractivity contribution in [1.82, 2.24) is 4.98 Å². The van der Waals surface area contributed by atoms with Gasteiger partial charge in [-0.05, 0) is 37.0 Å². The second-order valence-corrected chi connectivity index (χ2v) is 6.54. The smallest absolute Gasteiger partial charge is 0.202 e. The maximum absolute atomic E-state index is 5.80. The van der Waals surface area contributed by atoms with Crippen LogP contribution in [0, 0.1) is 0 Å². The van der Waals surface area contributed by atoms with E-state index in [1.54, 1.807) is 0 Å². The molecule has 0 saturated heterocycles. The summed E-state index contributed by atoms with van der Waals surface area (Å²) in [5.41, 5.74) is 8.67. The number of fused-ring (bicyclic) bond motifs is 1. The average Bonchev–Trinajstić information content (AvgIpc) is 2.71. The molecule has 0 unspecified atom stereocenters. The molecule has 0 saturated carbocycles. The Morgan fingerprint density at radius 3 is 2.39 bits per heavy atom. The van der Waals surface area contributed by atoms with Crippen molar-refractivity contribution in [2.45, 2.75) is 45.4 Å². The summed E-state index contributed by atoms with van der Waals surface area (Å²) >= 11 is 0. The molecule has 0 radical (unpaired) electrons. The molecule has 2 rings (SSSR count). The largest absolute Gasteiger partial charge is 0.440 e. The third-order valence-electron chi connectivity index (χ3n) is 3.34. The van der Waals surface area contributed by atoms with E-state index in [2.05, 4.69) is 37.9 Å². The molecule has 1 aromatic carbocycles. The first-order chi connectivity index (χ1) is 8.24. The molecule has 1 aromatic heterocycles. The lowest BCUT2D eigenvalue weighted by Crippen LogP contribution is -2.28. The molecule has 2 aromatic rings. The summed E-state index contributed by atoms with van der Waals surface area (Å²) in [4.78, 5) is 4.58. The van der Waals surface area contributed by atoms with Gasteiger partial charge in [0.05, 0.1) is 5.41 Å². The Morgan fingerprint density at radius 1 is 1.17 bits per heavy atom. The van der Waals surface area contributed by atoms with Crippen molar-refractivity contribution in [2.24, 2.45) is 5.73 Å². The van der Waals surface area contributed by atoms with Gasteiger partial charge in [0.1, 0.15) is 5.52 Å². The molecule has 3 nitrogen and oxygen atoms in total. The Balaban J connectivity index is 2.53. The van der Waals surface area contributed by atoms with Crippen molar-refractivity contribution in [3.05, 3.63) is 29.7 Å². The molecule has 2 N–H and O–H groups in total. The first-order valence-electron chi connectivity index (χ1n) is 6.36. The molecule has 0 bridgehead atoms. The van der Waals surface area contributed by atoms with Gasteiger partial charge in [-0.1, -0.05) is 26.8 Å². The van der Waals surface area contributed by atoms with Gasteiger partial charge in [0.25, 0.3) is 0 Å². The van der Waals surface area contributed by atoms with Gasteiger partial charge in [0.2, 0.25) is 5.89 Å². The standard InChI is InChI=1S/C15H22N2O/c1-14(2,3)10-6-7-12-11(8-10)17-13(18-12)15(4,5)9-16/h6-8H,9,16H2,1-5H3. The van der Waals surface area contributed by atoms with E-state index in [1.807, 2.05) is 19.9 Å². The number of hydrogen-bond donors (Lipinski definition) is 1. The minimum absolute atomic E-state index is 0.122. The lowest BCUT2D eigenvalue weighted by molar-refractivity contribution is 0.391. The Labute approximate surface area is 108 Å². The minimum atomic E-state index is -0.221. The summed E-state index contributed by atoms with van der Waals surface area (Å²) in [6, 6.07) is 6.21. The molecule has 1 heterocycles. The molecule has 18 heavy (non-hydrogen) atoms. The zero-order valence-corrected chi connectivity index (χ0v) is 11.9. The van der Waals surface area contributed by atoms with E-state index >= 15 is 0 Å². The average molecular weight is 246 g/mol. The number of oxazole rings is 1. The highest BCUT2D eigenvalue weighted by Gasteiger charge is 2.25. The van der Waals surface area contributed by atoms with E-state index in [1.165, 1.54) is 5.56 Å². The van der Waals surface area contributed by atoms with Crippen molar-refractivity contribution < 1.29 is 4.42 Å². The molecule has 0 amide bonds. The Hall–Kier alpha value is -1.35. The summed E-state index contributed by atoms with van der Waals surface area (Å²) in [5.74, 6) is 0.714. The SMILES string of the molecule is CC(C)(C)c1ccc2oc(C(C)(C)CN)nc2c1. The first-order valence-corrected chi connectivity index (χ1v) is 6.36. The number of rotatable bonds is 2. The number of aromatic nitrogens is 1. The van der Waals surface area contributed by atoms with Crippen LogP contribution in [0.1, 0.15) is 46.1 Å². The number of nitrogens with two attached hydrogens (primary N) is 1. The quantitative estimate of drug-likeness (QED) is 0.884. The monoisotopic (exact) mass is 246 g/mol. The molecule has 0 aliphatic carbocycles. The Kier molecular flexibility index (Phi) is 2.98. The van der Waals surface area contributed by atoms with Gasteiger partial charge < -0.3 is 10.2 Å². The highest BCUT2D eigenvalue weighted by atomic mass is 16.3. The molecular formula is C15H22N2O. The molecule has 0 spiro atoms. The van der Waals surface area contributed by atoms with E-state index in [0.717, 1.165) is 11.1 Å². The van der Waals surface area contributed by atoms with E-state index in [0.29, 0.717) is 12.4 Å². The molecular weight excluding hydrogens is 224 g/mol. The normalized spacial score (nSPS) is 13.2. The highest BCUT2D eigenvalue weighted by Crippen LogP contribution is 2.29. The minimum Gasteiger partial charge on any atom is -0.440 e. The fraction of sp³-hybridized carbons (Fsp3) is 0.533. The van der Waals surface area contributed by atoms with Gasteiger partial charge in [-0.25, -0.2) is 4.98 Å². The molecule has 0 aliphatic rings. The fourth-order valence-corrected chi connectivity index (χ4v) is 1.77. The third-order valence-corrected chi connectivity index (χ3v) is 3.34. The van der Waals surface area contributed by atoms with Crippen LogP contribution in [-0.4, -0.2) is 11.5 Å². The maximum Gasteiger partial charge on any atom is 0.202 e. The highest BCUT2D eigenvalue weighted by molar-refractivity contribution is 5.74. The topological polar surface area (TPSA) is 52.0 Å². The summed E-state index contributed by atoms with van der Waals surface area (Å²) in [7, 11) is 0. The second-order valence-electron chi connectivity index (χ2n) is 6.54. The van der Waals surface area contributed by atoms with Crippen molar-refractivity contribution in [1.29, 1.82) is 0 Å². The van der Waals surface area contributed by atoms with Crippen LogP contribution in [0.25, 0.3) is 11.1 Å². The maximum atomic E-state index is 5.80. The van der Waals surface area contributed by atoms with Crippen LogP contribution in [0.5, 0.6) is 0 Å². The molecule has 0 atom stereocenters. The van der Waals surface area contributed by atoms with E-state index in [9.17, 15) is 0 Å². The number of nitrogens with zero attached hydrogens (tertiary/aromatic N) is 1. The second kappa shape index (κ2) is 4.09. The summed E-state index contributed by atoms with van der Waals surface area (Å²) in [6.07, 6.45) is 0. The summed E-state index contributed by atoms with van der Waals surface area (Å²) in [6.45, 7) is 11.2. The lowest BCUT2D eigenvalue weighted by atomic mass is 9.87. The van der Waals surface area contributed by atoms with Crippen LogP contribution >= 0.6 is 0 Å². The zero-order chi connectivity index (χ0) is 13.6. The predicted octanol–water partition coefficient (Wildman–Crippen LogP) is 3.36. The van der Waals surface area contributed by atoms with Crippen molar-refractivity contribution in [3.8, 4) is 0 Å². The van der Waals surface area contributed by atoms with Gasteiger partial charge in [0, 0.05) is 6.54 Å². The first kappa shape index (κ1) is 13.1. The molecule has 3 heteroatoms. The summed E-state index contributed by atoms with van der Waals surface area (Å²) < 4.78 is 5.80. The molecule has 0 fully saturated rings. The van der Waals surface area contributed by atoms with Gasteiger partial charge in [-0.15, -0.1) is 0 Å². The Morgan fingerprint density at radius 2 is 1.83 bits per heavy atom. The molecule has 0 aliphatic heterocycles. The van der Waals surface area contributed by atoms with Crippen LogP contribution in [0.4, 0.5) is 0 Å². The molecule has 98 valence electrons. The van der Waals surface area contributed by atoms with Gasteiger partial charge in [-0.2, -0.15) is 0 Å². The fourth-order valence-electron chi connectivity index (χ4n) is 1.77. The van der Waals surface area contributed by atoms with Crippen molar-refractivity contribution in [3.63, 3.8) is 0 Å². The van der Waals surface area contributed by atoms with Crippen molar-refractivity contribution >= 4 is 11.1 Å². The van der Waals surface area contributed by atoms with E-state index < -0.39 is 0 Å². The van der Waals surface area contributed by atoms with E-state index in [-0.39, 0.29) is 10.8 Å². The predicted molar refractivity (Wildman–Crippen MR) is 74.8 cm³/mol. The number of hydrogen-bond acceptors (Lipinski definition) is 3. The van der Waals surface area contributed by atoms with E-state index in [4.69, 9.17) is 10.2 Å². The van der Waals surface area contributed by atoms with Crippen LogP contribution in [-0.2, 0) is 10.8 Å². The Bertz CT molecular complexity index is 561. The van der Waals surface area contributed by atoms with Crippen LogP contribution < -0.4 is 5.73 Å². The van der Waals surface area contributed by atoms with Gasteiger partial charge in [0.15, 0.2) is 5.58 Å². The van der Waals surface area contributed by atoms with Crippen LogP contribution in [0.2, 0.25) is 0 Å². The van der Waals surface area contributed by atoms with Gasteiger partial charge in [-0.3, -0.25) is 0 Å². The van der Waals surface area contributed by atoms with Crippen LogP contribution in [0.15, 0.2) is 22.6 Å². The van der Waals surface area contributed by atoms with Crippen molar-refractivity contribution in [2.75, 3.05) is 6.54 Å². The number of benzene rings is 1. The van der Waals surface area contributed by atoms with Gasteiger partial charge >= 0.3 is 0 Å². The third kappa shape index (κ3) is 2.27.